The van der Waals surface area contributed by atoms with E-state index < -0.39 is 21.8 Å². The average Bonchev–Trinajstić information content (AvgIpc) is 2.28. The van der Waals surface area contributed by atoms with E-state index in [4.69, 9.17) is 9.79 Å². The van der Waals surface area contributed by atoms with Gasteiger partial charge in [-0.2, -0.15) is 0 Å². The maximum Gasteiger partial charge on any atom is 0.319 e. The summed E-state index contributed by atoms with van der Waals surface area (Å²) in [4.78, 5) is 17.7. The van der Waals surface area contributed by atoms with Gasteiger partial charge in [0.25, 0.3) is 13.6 Å². The van der Waals surface area contributed by atoms with Gasteiger partial charge in [-0.1, -0.05) is 40.2 Å². The van der Waals surface area contributed by atoms with E-state index in [1.165, 1.54) is 12.1 Å². The van der Waals surface area contributed by atoms with Crippen LogP contribution in [-0.4, -0.2) is 14.9 Å². The highest BCUT2D eigenvalue weighted by molar-refractivity contribution is 9.08. The first kappa shape index (κ1) is 15.1. The molecule has 0 radical (unpaired) electrons. The van der Waals surface area contributed by atoms with E-state index in [0.29, 0.717) is 5.33 Å². The van der Waals surface area contributed by atoms with Crippen molar-refractivity contribution in [1.29, 1.82) is 0 Å². The molecule has 1 aromatic rings. The van der Waals surface area contributed by atoms with E-state index >= 15 is 0 Å². The smallest absolute Gasteiger partial charge is 0.319 e. The van der Waals surface area contributed by atoms with Crippen molar-refractivity contribution < 1.29 is 28.5 Å². The molecule has 0 heterocycles. The molecule has 1 rings (SSSR count). The molecule has 3 unspecified atom stereocenters. The third-order valence-corrected chi connectivity index (χ3v) is 4.32. The molecule has 0 aliphatic carbocycles. The Morgan fingerprint density at radius 3 is 2.12 bits per heavy atom. The van der Waals surface area contributed by atoms with E-state index in [-0.39, 0.29) is 5.56 Å². The van der Waals surface area contributed by atoms with Gasteiger partial charge in [0, 0.05) is 10.9 Å². The number of hydrogen-bond donors (Lipinski definition) is 3. The van der Waals surface area contributed by atoms with Crippen LogP contribution in [0, 0.1) is 0 Å². The topological polar surface area (TPSA) is 104 Å². The number of benzene rings is 1. The summed E-state index contributed by atoms with van der Waals surface area (Å²) >= 11 is 3.22. The molecule has 1 aromatic carbocycles. The Labute approximate surface area is 107 Å². The van der Waals surface area contributed by atoms with Gasteiger partial charge in [0.2, 0.25) is 0 Å². The van der Waals surface area contributed by atoms with Gasteiger partial charge >= 0.3 is 8.25 Å². The van der Waals surface area contributed by atoms with E-state index in [9.17, 15) is 14.2 Å². The molecule has 3 N–H and O–H groups in total. The Morgan fingerprint density at radius 1 is 1.24 bits per heavy atom. The summed E-state index contributed by atoms with van der Waals surface area (Å²) in [6, 6.07) is 5.91. The predicted molar refractivity (Wildman–Crippen MR) is 66.5 cm³/mol. The van der Waals surface area contributed by atoms with Crippen molar-refractivity contribution in [2.75, 3.05) is 0 Å². The van der Waals surface area contributed by atoms with Gasteiger partial charge < -0.3 is 14.9 Å². The minimum Gasteiger partial charge on any atom is -0.354 e. The predicted octanol–water partition coefficient (Wildman–Crippen LogP) is 1.55. The molecule has 0 aliphatic heterocycles. The maximum atomic E-state index is 11.1. The molecule has 0 amide bonds. The summed E-state index contributed by atoms with van der Waals surface area (Å²) in [6.45, 7) is 0. The van der Waals surface area contributed by atoms with Gasteiger partial charge in [0.1, 0.15) is 0 Å². The fourth-order valence-electron chi connectivity index (χ4n) is 1.17. The van der Waals surface area contributed by atoms with Crippen LogP contribution < -0.4 is 0 Å². The number of halogens is 1. The summed E-state index contributed by atoms with van der Waals surface area (Å²) in [7, 11) is -7.14. The molecule has 0 fully saturated rings. The zero-order valence-electron chi connectivity index (χ0n) is 8.46. The number of rotatable bonds is 5. The highest BCUT2D eigenvalue weighted by atomic mass is 79.9. The summed E-state index contributed by atoms with van der Waals surface area (Å²) in [5, 5.41) is 10.4. The van der Waals surface area contributed by atoms with Crippen LogP contribution in [0.25, 0.3) is 0 Å². The first-order valence-corrected chi connectivity index (χ1v) is 8.17. The molecule has 3 atom stereocenters. The Hall–Kier alpha value is -0.0000000000000000763. The van der Waals surface area contributed by atoms with Gasteiger partial charge in [0.15, 0.2) is 0 Å². The first-order chi connectivity index (χ1) is 7.90. The summed E-state index contributed by atoms with van der Waals surface area (Å²) in [5.74, 6) is 0. The Balaban J connectivity index is 3.13. The summed E-state index contributed by atoms with van der Waals surface area (Å²) in [6.07, 6.45) is 0. The minimum atomic E-state index is -3.60. The number of hydrogen-bond acceptors (Lipinski definition) is 4. The molecule has 0 saturated heterocycles. The lowest BCUT2D eigenvalue weighted by Crippen LogP contribution is -2.22. The van der Waals surface area contributed by atoms with Gasteiger partial charge in [0.05, 0.1) is 0 Å². The standard InChI is InChI=1S/C8H11BrO6P2/c9-5-6-1-3-7(4-2-6)8(10,16(11)12)15-17(13)14/h1-4,10,16-17H,5H2,(H,11,12)(H,13,14). The van der Waals surface area contributed by atoms with Crippen LogP contribution in [-0.2, 0) is 24.5 Å². The minimum absolute atomic E-state index is 0.0408. The van der Waals surface area contributed by atoms with Gasteiger partial charge in [-0.3, -0.25) is 13.7 Å². The van der Waals surface area contributed by atoms with Crippen molar-refractivity contribution in [3.05, 3.63) is 35.4 Å². The molecule has 9 heteroatoms. The van der Waals surface area contributed by atoms with Crippen LogP contribution in [0.1, 0.15) is 11.1 Å². The molecular formula is C8H11BrO6P2. The normalized spacial score (nSPS) is 18.4. The van der Waals surface area contributed by atoms with Gasteiger partial charge in [-0.05, 0) is 5.56 Å². The monoisotopic (exact) mass is 344 g/mol. The number of alkyl halides is 1. The Bertz CT molecular complexity index is 436. The van der Waals surface area contributed by atoms with Crippen molar-refractivity contribution in [2.24, 2.45) is 0 Å². The van der Waals surface area contributed by atoms with Crippen LogP contribution in [0.4, 0.5) is 0 Å². The molecule has 0 bridgehead atoms. The molecule has 17 heavy (non-hydrogen) atoms. The zero-order valence-corrected chi connectivity index (χ0v) is 12.0. The van der Waals surface area contributed by atoms with Crippen LogP contribution in [0.5, 0.6) is 0 Å². The average molecular weight is 345 g/mol. The van der Waals surface area contributed by atoms with Crippen LogP contribution in [0.15, 0.2) is 24.3 Å². The highest BCUT2D eigenvalue weighted by Crippen LogP contribution is 2.47. The second-order valence-corrected chi connectivity index (χ2v) is 5.73. The van der Waals surface area contributed by atoms with E-state index in [0.717, 1.165) is 5.56 Å². The SMILES string of the molecule is O=[PH](O)OC(O)(c1ccc(CBr)cc1)[PH](=O)O. The quantitative estimate of drug-likeness (QED) is 0.425. The van der Waals surface area contributed by atoms with Crippen LogP contribution >= 0.6 is 32.2 Å². The third-order valence-electron chi connectivity index (χ3n) is 2.02. The van der Waals surface area contributed by atoms with E-state index in [2.05, 4.69) is 20.5 Å². The van der Waals surface area contributed by atoms with Crippen molar-refractivity contribution >= 4 is 32.2 Å². The molecule has 6 nitrogen and oxygen atoms in total. The van der Waals surface area contributed by atoms with Gasteiger partial charge in [-0.25, -0.2) is 0 Å². The Morgan fingerprint density at radius 2 is 1.76 bits per heavy atom. The lowest BCUT2D eigenvalue weighted by Gasteiger charge is -2.23. The van der Waals surface area contributed by atoms with Crippen molar-refractivity contribution in [3.8, 4) is 0 Å². The summed E-state index contributed by atoms with van der Waals surface area (Å²) in [5.41, 5.74) is -1.79. The lowest BCUT2D eigenvalue weighted by molar-refractivity contribution is -0.0741. The van der Waals surface area contributed by atoms with Crippen molar-refractivity contribution in [2.45, 2.75) is 10.9 Å². The summed E-state index contributed by atoms with van der Waals surface area (Å²) < 4.78 is 25.9. The number of aliphatic hydroxyl groups is 1. The Kier molecular flexibility index (Phi) is 5.54. The largest absolute Gasteiger partial charge is 0.354 e. The van der Waals surface area contributed by atoms with Crippen molar-refractivity contribution in [1.82, 2.24) is 0 Å². The third kappa shape index (κ3) is 3.73. The fraction of sp³-hybridized carbons (Fsp3) is 0.250. The molecule has 0 aliphatic rings. The van der Waals surface area contributed by atoms with Crippen LogP contribution in [0.3, 0.4) is 0 Å². The van der Waals surface area contributed by atoms with E-state index in [1.807, 2.05) is 0 Å². The highest BCUT2D eigenvalue weighted by Gasteiger charge is 2.38. The molecule has 0 aromatic heterocycles. The molecule has 0 spiro atoms. The van der Waals surface area contributed by atoms with Crippen LogP contribution in [0.2, 0.25) is 0 Å². The second kappa shape index (κ2) is 6.25. The second-order valence-electron chi connectivity index (χ2n) is 3.15. The maximum absolute atomic E-state index is 11.1. The zero-order chi connectivity index (χ0) is 13.1. The molecule has 96 valence electrons. The lowest BCUT2D eigenvalue weighted by atomic mass is 10.1. The van der Waals surface area contributed by atoms with Gasteiger partial charge in [-0.15, -0.1) is 0 Å². The molecular weight excluding hydrogens is 334 g/mol. The molecule has 0 saturated carbocycles. The van der Waals surface area contributed by atoms with Crippen molar-refractivity contribution in [3.63, 3.8) is 0 Å². The fourth-order valence-corrected chi connectivity index (χ4v) is 2.94. The van der Waals surface area contributed by atoms with E-state index in [1.54, 1.807) is 12.1 Å². The first-order valence-electron chi connectivity index (χ1n) is 4.43.